The zero-order valence-electron chi connectivity index (χ0n) is 9.89. The number of carbonyl (C=O) groups is 1. The first-order valence-electron chi connectivity index (χ1n) is 6.08. The molecule has 4 nitrogen and oxygen atoms in total. The first-order chi connectivity index (χ1) is 8.74. The van der Waals surface area contributed by atoms with Crippen LogP contribution in [0.25, 0.3) is 0 Å². The van der Waals surface area contributed by atoms with Gasteiger partial charge in [0.05, 0.1) is 5.69 Å². The summed E-state index contributed by atoms with van der Waals surface area (Å²) >= 11 is 0. The predicted molar refractivity (Wildman–Crippen MR) is 66.5 cm³/mol. The van der Waals surface area contributed by atoms with E-state index < -0.39 is 11.9 Å². The van der Waals surface area contributed by atoms with E-state index >= 15 is 0 Å². The SMILES string of the molecule is O=C(O)C1CCc2[nH]c(Cc3ccccc3)nc21. The number of aliphatic carboxylic acids is 1. The molecule has 1 aliphatic carbocycles. The van der Waals surface area contributed by atoms with Crippen LogP contribution in [-0.4, -0.2) is 21.0 Å². The Labute approximate surface area is 105 Å². The van der Waals surface area contributed by atoms with Gasteiger partial charge in [-0.15, -0.1) is 0 Å². The van der Waals surface area contributed by atoms with E-state index in [1.165, 1.54) is 5.56 Å². The van der Waals surface area contributed by atoms with Crippen molar-refractivity contribution < 1.29 is 9.90 Å². The lowest BCUT2D eigenvalue weighted by atomic mass is 10.1. The fraction of sp³-hybridized carbons (Fsp3) is 0.286. The van der Waals surface area contributed by atoms with Crippen LogP contribution in [0.5, 0.6) is 0 Å². The van der Waals surface area contributed by atoms with Gasteiger partial charge in [0.1, 0.15) is 11.7 Å². The highest BCUT2D eigenvalue weighted by Crippen LogP contribution is 2.31. The lowest BCUT2D eigenvalue weighted by Gasteiger charge is -2.01. The number of hydrogen-bond acceptors (Lipinski definition) is 2. The quantitative estimate of drug-likeness (QED) is 0.866. The Morgan fingerprint density at radius 3 is 2.89 bits per heavy atom. The van der Waals surface area contributed by atoms with E-state index in [0.717, 1.165) is 30.1 Å². The van der Waals surface area contributed by atoms with Crippen molar-refractivity contribution in [1.82, 2.24) is 9.97 Å². The fourth-order valence-electron chi connectivity index (χ4n) is 2.50. The summed E-state index contributed by atoms with van der Waals surface area (Å²) in [6, 6.07) is 10.1. The number of aryl methyl sites for hydroxylation is 1. The molecule has 2 N–H and O–H groups in total. The number of nitrogens with one attached hydrogen (secondary N) is 1. The molecule has 0 fully saturated rings. The van der Waals surface area contributed by atoms with Crippen molar-refractivity contribution in [3.8, 4) is 0 Å². The summed E-state index contributed by atoms with van der Waals surface area (Å²) in [5.41, 5.74) is 2.90. The van der Waals surface area contributed by atoms with Crippen LogP contribution in [0, 0.1) is 0 Å². The standard InChI is InChI=1S/C14H14N2O2/c17-14(18)10-6-7-11-13(10)16-12(15-11)8-9-4-2-1-3-5-9/h1-5,10H,6-8H2,(H,15,16)(H,17,18). The van der Waals surface area contributed by atoms with Crippen LogP contribution >= 0.6 is 0 Å². The minimum atomic E-state index is -0.772. The Kier molecular flexibility index (Phi) is 2.63. The van der Waals surface area contributed by atoms with E-state index in [0.29, 0.717) is 6.42 Å². The lowest BCUT2D eigenvalue weighted by Crippen LogP contribution is -2.08. The summed E-state index contributed by atoms with van der Waals surface area (Å²) in [7, 11) is 0. The molecule has 3 rings (SSSR count). The summed E-state index contributed by atoms with van der Waals surface area (Å²) in [5.74, 6) is -0.343. The second-order valence-corrected chi connectivity index (χ2v) is 4.64. The number of benzene rings is 1. The summed E-state index contributed by atoms with van der Waals surface area (Å²) in [6.45, 7) is 0. The van der Waals surface area contributed by atoms with E-state index in [4.69, 9.17) is 5.11 Å². The maximum Gasteiger partial charge on any atom is 0.312 e. The Hall–Kier alpha value is -2.10. The zero-order chi connectivity index (χ0) is 12.5. The zero-order valence-corrected chi connectivity index (χ0v) is 9.89. The first kappa shape index (κ1) is 11.0. The van der Waals surface area contributed by atoms with E-state index in [2.05, 4.69) is 9.97 Å². The van der Waals surface area contributed by atoms with Gasteiger partial charge in [0.25, 0.3) is 0 Å². The van der Waals surface area contributed by atoms with Crippen LogP contribution in [0.3, 0.4) is 0 Å². The molecule has 1 aromatic heterocycles. The Morgan fingerprint density at radius 1 is 1.39 bits per heavy atom. The molecule has 0 amide bonds. The number of rotatable bonds is 3. The van der Waals surface area contributed by atoms with E-state index in [1.807, 2.05) is 30.3 Å². The summed E-state index contributed by atoms with van der Waals surface area (Å²) in [4.78, 5) is 18.8. The molecule has 0 saturated heterocycles. The summed E-state index contributed by atoms with van der Waals surface area (Å²) in [5, 5.41) is 9.11. The first-order valence-corrected chi connectivity index (χ1v) is 6.08. The molecule has 4 heteroatoms. The molecule has 0 bridgehead atoms. The molecule has 0 aliphatic heterocycles. The van der Waals surface area contributed by atoms with E-state index in [9.17, 15) is 4.79 Å². The van der Waals surface area contributed by atoms with Gasteiger partial charge < -0.3 is 10.1 Å². The highest BCUT2D eigenvalue weighted by molar-refractivity contribution is 5.76. The maximum absolute atomic E-state index is 11.1. The molecule has 1 aliphatic rings. The topological polar surface area (TPSA) is 66.0 Å². The van der Waals surface area contributed by atoms with Gasteiger partial charge in [-0.05, 0) is 18.4 Å². The van der Waals surface area contributed by atoms with E-state index in [-0.39, 0.29) is 0 Å². The van der Waals surface area contributed by atoms with Crippen molar-refractivity contribution in [3.63, 3.8) is 0 Å². The number of H-pyrrole nitrogens is 1. The number of aromatic nitrogens is 2. The monoisotopic (exact) mass is 242 g/mol. The highest BCUT2D eigenvalue weighted by atomic mass is 16.4. The number of carboxylic acids is 1. The van der Waals surface area contributed by atoms with Gasteiger partial charge in [0.2, 0.25) is 0 Å². The van der Waals surface area contributed by atoms with Crippen molar-refractivity contribution in [2.24, 2.45) is 0 Å². The second-order valence-electron chi connectivity index (χ2n) is 4.64. The van der Waals surface area contributed by atoms with Gasteiger partial charge in [-0.3, -0.25) is 4.79 Å². The molecule has 1 unspecified atom stereocenters. The molecule has 1 heterocycles. The highest BCUT2D eigenvalue weighted by Gasteiger charge is 2.31. The van der Waals surface area contributed by atoms with Crippen LogP contribution in [-0.2, 0) is 17.6 Å². The van der Waals surface area contributed by atoms with Crippen molar-refractivity contribution in [2.75, 3.05) is 0 Å². The number of fused-ring (bicyclic) bond motifs is 1. The van der Waals surface area contributed by atoms with Crippen LogP contribution < -0.4 is 0 Å². The number of aromatic amines is 1. The Bertz CT molecular complexity index is 575. The number of hydrogen-bond donors (Lipinski definition) is 2. The van der Waals surface area contributed by atoms with Crippen LogP contribution in [0.2, 0.25) is 0 Å². The molecule has 1 atom stereocenters. The average molecular weight is 242 g/mol. The van der Waals surface area contributed by atoms with Crippen molar-refractivity contribution in [1.29, 1.82) is 0 Å². The van der Waals surface area contributed by atoms with Crippen LogP contribution in [0.15, 0.2) is 30.3 Å². The van der Waals surface area contributed by atoms with Crippen LogP contribution in [0.4, 0.5) is 0 Å². The van der Waals surface area contributed by atoms with E-state index in [1.54, 1.807) is 0 Å². The fourth-order valence-corrected chi connectivity index (χ4v) is 2.50. The number of nitrogens with zero attached hydrogens (tertiary/aromatic N) is 1. The summed E-state index contributed by atoms with van der Waals surface area (Å²) in [6.07, 6.45) is 2.17. The average Bonchev–Trinajstić information content (AvgIpc) is 2.89. The minimum absolute atomic E-state index is 0.430. The lowest BCUT2D eigenvalue weighted by molar-refractivity contribution is -0.138. The molecule has 2 aromatic rings. The molecule has 0 radical (unpaired) electrons. The minimum Gasteiger partial charge on any atom is -0.481 e. The van der Waals surface area contributed by atoms with Gasteiger partial charge in [0, 0.05) is 12.1 Å². The maximum atomic E-state index is 11.1. The van der Waals surface area contributed by atoms with Gasteiger partial charge in [-0.1, -0.05) is 30.3 Å². The third-order valence-electron chi connectivity index (χ3n) is 3.39. The van der Waals surface area contributed by atoms with Gasteiger partial charge in [-0.25, -0.2) is 4.98 Å². The predicted octanol–water partition coefficient (Wildman–Crippen LogP) is 2.11. The molecule has 18 heavy (non-hydrogen) atoms. The Balaban J connectivity index is 1.84. The molecule has 1 aromatic carbocycles. The number of imidazole rings is 1. The van der Waals surface area contributed by atoms with Gasteiger partial charge >= 0.3 is 5.97 Å². The van der Waals surface area contributed by atoms with Gasteiger partial charge in [-0.2, -0.15) is 0 Å². The molecule has 0 saturated carbocycles. The van der Waals surface area contributed by atoms with Gasteiger partial charge in [0.15, 0.2) is 0 Å². The van der Waals surface area contributed by atoms with Crippen molar-refractivity contribution in [3.05, 3.63) is 53.1 Å². The Morgan fingerprint density at radius 2 is 2.17 bits per heavy atom. The summed E-state index contributed by atoms with van der Waals surface area (Å²) < 4.78 is 0. The van der Waals surface area contributed by atoms with Crippen molar-refractivity contribution >= 4 is 5.97 Å². The molecular formula is C14H14N2O2. The third kappa shape index (κ3) is 1.90. The third-order valence-corrected chi connectivity index (χ3v) is 3.39. The smallest absolute Gasteiger partial charge is 0.312 e. The van der Waals surface area contributed by atoms with Crippen molar-refractivity contribution in [2.45, 2.75) is 25.2 Å². The molecular weight excluding hydrogens is 228 g/mol. The van der Waals surface area contributed by atoms with Crippen LogP contribution in [0.1, 0.15) is 35.1 Å². The molecule has 92 valence electrons. The molecule has 0 spiro atoms. The number of carboxylic acid groups (broad SMARTS) is 1. The normalized spacial score (nSPS) is 17.7. The largest absolute Gasteiger partial charge is 0.481 e. The second kappa shape index (κ2) is 4.29.